The van der Waals surface area contributed by atoms with E-state index >= 15 is 0 Å². The predicted octanol–water partition coefficient (Wildman–Crippen LogP) is 2.57. The van der Waals surface area contributed by atoms with E-state index < -0.39 is 5.54 Å². The standard InChI is InChI=1S/C13H19FN2O/c1-10-4-2-6-13(8-10,9-17)16-12-11(14)5-3-7-15-12/h3,5,7,10,17H,2,4,6,8-9H2,1H3,(H,15,16). The van der Waals surface area contributed by atoms with Gasteiger partial charge in [0.2, 0.25) is 0 Å². The molecule has 1 fully saturated rings. The number of nitrogens with zero attached hydrogens (tertiary/aromatic N) is 1. The second kappa shape index (κ2) is 5.00. The molecule has 2 unspecified atom stereocenters. The fourth-order valence-electron chi connectivity index (χ4n) is 2.69. The van der Waals surface area contributed by atoms with E-state index in [0.29, 0.717) is 5.92 Å². The van der Waals surface area contributed by atoms with Crippen molar-refractivity contribution in [2.75, 3.05) is 11.9 Å². The highest BCUT2D eigenvalue weighted by Gasteiger charge is 2.35. The first-order valence-corrected chi connectivity index (χ1v) is 6.15. The van der Waals surface area contributed by atoms with Crippen LogP contribution in [0.2, 0.25) is 0 Å². The number of rotatable bonds is 3. The lowest BCUT2D eigenvalue weighted by atomic mass is 9.77. The van der Waals surface area contributed by atoms with Crippen LogP contribution in [0.15, 0.2) is 18.3 Å². The molecule has 94 valence electrons. The Morgan fingerprint density at radius 3 is 3.12 bits per heavy atom. The van der Waals surface area contributed by atoms with Gasteiger partial charge in [-0.25, -0.2) is 9.37 Å². The van der Waals surface area contributed by atoms with Gasteiger partial charge in [-0.05, 0) is 30.9 Å². The molecule has 17 heavy (non-hydrogen) atoms. The molecule has 0 bridgehead atoms. The van der Waals surface area contributed by atoms with Crippen LogP contribution in [0.4, 0.5) is 10.2 Å². The van der Waals surface area contributed by atoms with Crippen LogP contribution in [0.5, 0.6) is 0 Å². The van der Waals surface area contributed by atoms with Gasteiger partial charge >= 0.3 is 0 Å². The maximum absolute atomic E-state index is 13.5. The SMILES string of the molecule is CC1CCCC(CO)(Nc2ncccc2F)C1. The lowest BCUT2D eigenvalue weighted by Gasteiger charge is -2.39. The number of halogens is 1. The summed E-state index contributed by atoms with van der Waals surface area (Å²) < 4.78 is 13.5. The summed E-state index contributed by atoms with van der Waals surface area (Å²) in [5.74, 6) is 0.435. The molecular formula is C13H19FN2O. The van der Waals surface area contributed by atoms with Gasteiger partial charge in [-0.3, -0.25) is 0 Å². The molecule has 3 nitrogen and oxygen atoms in total. The van der Waals surface area contributed by atoms with Gasteiger partial charge < -0.3 is 10.4 Å². The van der Waals surface area contributed by atoms with E-state index in [4.69, 9.17) is 0 Å². The molecule has 0 aromatic carbocycles. The van der Waals surface area contributed by atoms with Gasteiger partial charge in [0.05, 0.1) is 12.1 Å². The largest absolute Gasteiger partial charge is 0.394 e. The van der Waals surface area contributed by atoms with Crippen LogP contribution in [0, 0.1) is 11.7 Å². The highest BCUT2D eigenvalue weighted by atomic mass is 19.1. The summed E-state index contributed by atoms with van der Waals surface area (Å²) >= 11 is 0. The molecule has 2 atom stereocenters. The summed E-state index contributed by atoms with van der Waals surface area (Å²) in [7, 11) is 0. The molecule has 4 heteroatoms. The molecule has 0 radical (unpaired) electrons. The second-order valence-corrected chi connectivity index (χ2v) is 5.10. The highest BCUT2D eigenvalue weighted by Crippen LogP contribution is 2.34. The second-order valence-electron chi connectivity index (χ2n) is 5.10. The molecule has 1 aromatic heterocycles. The van der Waals surface area contributed by atoms with Crippen molar-refractivity contribution in [2.24, 2.45) is 5.92 Å². The number of aliphatic hydroxyl groups excluding tert-OH is 1. The summed E-state index contributed by atoms with van der Waals surface area (Å²) in [5, 5.41) is 12.7. The van der Waals surface area contributed by atoms with Gasteiger partial charge in [-0.15, -0.1) is 0 Å². The van der Waals surface area contributed by atoms with Crippen LogP contribution in [0.25, 0.3) is 0 Å². The Balaban J connectivity index is 2.17. The summed E-state index contributed by atoms with van der Waals surface area (Å²) in [4.78, 5) is 3.99. The minimum Gasteiger partial charge on any atom is -0.394 e. The zero-order chi connectivity index (χ0) is 12.3. The first-order chi connectivity index (χ1) is 8.15. The Labute approximate surface area is 101 Å². The number of aliphatic hydroxyl groups is 1. The van der Waals surface area contributed by atoms with Crippen LogP contribution in [0.3, 0.4) is 0 Å². The zero-order valence-electron chi connectivity index (χ0n) is 10.1. The molecule has 0 saturated heterocycles. The van der Waals surface area contributed by atoms with Crippen LogP contribution < -0.4 is 5.32 Å². The van der Waals surface area contributed by atoms with E-state index in [1.807, 2.05) is 0 Å². The number of pyridine rings is 1. The Hall–Kier alpha value is -1.16. The number of anilines is 1. The van der Waals surface area contributed by atoms with Gasteiger partial charge in [0, 0.05) is 6.20 Å². The average molecular weight is 238 g/mol. The van der Waals surface area contributed by atoms with Crippen molar-refractivity contribution in [1.82, 2.24) is 4.98 Å². The zero-order valence-corrected chi connectivity index (χ0v) is 10.1. The van der Waals surface area contributed by atoms with Gasteiger partial charge in [0.15, 0.2) is 11.6 Å². The van der Waals surface area contributed by atoms with Crippen LogP contribution in [-0.2, 0) is 0 Å². The van der Waals surface area contributed by atoms with Crippen molar-refractivity contribution < 1.29 is 9.50 Å². The van der Waals surface area contributed by atoms with Crippen molar-refractivity contribution in [2.45, 2.75) is 38.1 Å². The molecule has 1 aromatic rings. The number of hydrogen-bond donors (Lipinski definition) is 2. The number of aromatic nitrogens is 1. The van der Waals surface area contributed by atoms with Crippen LogP contribution in [0.1, 0.15) is 32.6 Å². The maximum Gasteiger partial charge on any atom is 0.165 e. The van der Waals surface area contributed by atoms with E-state index in [9.17, 15) is 9.50 Å². The Morgan fingerprint density at radius 2 is 2.47 bits per heavy atom. The number of hydrogen-bond acceptors (Lipinski definition) is 3. The lowest BCUT2D eigenvalue weighted by molar-refractivity contribution is 0.149. The van der Waals surface area contributed by atoms with Gasteiger partial charge in [0.1, 0.15) is 0 Å². The van der Waals surface area contributed by atoms with Crippen molar-refractivity contribution in [3.8, 4) is 0 Å². The fourth-order valence-corrected chi connectivity index (χ4v) is 2.69. The lowest BCUT2D eigenvalue weighted by Crippen LogP contribution is -2.46. The van der Waals surface area contributed by atoms with E-state index in [1.165, 1.54) is 12.5 Å². The predicted molar refractivity (Wildman–Crippen MR) is 65.3 cm³/mol. The topological polar surface area (TPSA) is 45.1 Å². The molecule has 2 rings (SSSR count). The Bertz CT molecular complexity index is 385. The molecule has 1 saturated carbocycles. The fraction of sp³-hybridized carbons (Fsp3) is 0.615. The van der Waals surface area contributed by atoms with Crippen LogP contribution in [-0.4, -0.2) is 22.2 Å². The minimum atomic E-state index is -0.410. The van der Waals surface area contributed by atoms with Crippen LogP contribution >= 0.6 is 0 Å². The van der Waals surface area contributed by atoms with Gasteiger partial charge in [-0.2, -0.15) is 0 Å². The van der Waals surface area contributed by atoms with Crippen molar-refractivity contribution in [1.29, 1.82) is 0 Å². The normalized spacial score (nSPS) is 29.0. The van der Waals surface area contributed by atoms with Gasteiger partial charge in [-0.1, -0.05) is 19.8 Å². The average Bonchev–Trinajstić information content (AvgIpc) is 2.32. The minimum absolute atomic E-state index is 0.0212. The Kier molecular flexibility index (Phi) is 3.62. The summed E-state index contributed by atoms with van der Waals surface area (Å²) in [5.41, 5.74) is -0.410. The molecule has 1 aliphatic carbocycles. The summed E-state index contributed by atoms with van der Waals surface area (Å²) in [6, 6.07) is 2.95. The first kappa shape index (κ1) is 12.3. The summed E-state index contributed by atoms with van der Waals surface area (Å²) in [6.45, 7) is 2.19. The number of nitrogens with one attached hydrogen (secondary N) is 1. The van der Waals surface area contributed by atoms with Gasteiger partial charge in [0.25, 0.3) is 0 Å². The molecule has 1 aliphatic rings. The smallest absolute Gasteiger partial charge is 0.165 e. The van der Waals surface area contributed by atoms with E-state index in [2.05, 4.69) is 17.2 Å². The van der Waals surface area contributed by atoms with E-state index in [-0.39, 0.29) is 18.2 Å². The Morgan fingerprint density at radius 1 is 1.65 bits per heavy atom. The maximum atomic E-state index is 13.5. The third-order valence-electron chi connectivity index (χ3n) is 3.54. The molecule has 0 amide bonds. The van der Waals surface area contributed by atoms with E-state index in [1.54, 1.807) is 12.3 Å². The van der Waals surface area contributed by atoms with E-state index in [0.717, 1.165) is 19.3 Å². The molecule has 1 heterocycles. The summed E-state index contributed by atoms with van der Waals surface area (Å²) in [6.07, 6.45) is 5.52. The third kappa shape index (κ3) is 2.75. The quantitative estimate of drug-likeness (QED) is 0.850. The third-order valence-corrected chi connectivity index (χ3v) is 3.54. The molecule has 2 N–H and O–H groups in total. The van der Waals surface area contributed by atoms with Crippen molar-refractivity contribution in [3.05, 3.63) is 24.1 Å². The molecular weight excluding hydrogens is 219 g/mol. The first-order valence-electron chi connectivity index (χ1n) is 6.15. The molecule has 0 spiro atoms. The highest BCUT2D eigenvalue weighted by molar-refractivity contribution is 5.39. The van der Waals surface area contributed by atoms with Crippen molar-refractivity contribution in [3.63, 3.8) is 0 Å². The van der Waals surface area contributed by atoms with Crippen molar-refractivity contribution >= 4 is 5.82 Å². The monoisotopic (exact) mass is 238 g/mol. The molecule has 0 aliphatic heterocycles.